The molecule has 1 aliphatic rings. The number of nitrogens with zero attached hydrogens (tertiary/aromatic N) is 4. The van der Waals surface area contributed by atoms with Crippen LogP contribution in [0.3, 0.4) is 0 Å². The molecule has 3 rings (SSSR count). The highest BCUT2D eigenvalue weighted by Crippen LogP contribution is 2.36. The van der Waals surface area contributed by atoms with Crippen molar-refractivity contribution in [2.75, 3.05) is 6.54 Å². The zero-order valence-corrected chi connectivity index (χ0v) is 15.2. The Morgan fingerprint density at radius 2 is 2.00 bits per heavy atom. The first-order valence-electron chi connectivity index (χ1n) is 8.61. The number of hydrogen-bond donors (Lipinski definition) is 0. The first kappa shape index (κ1) is 16.7. The Bertz CT molecular complexity index is 740. The second-order valence-corrected chi connectivity index (χ2v) is 6.76. The molecule has 130 valence electrons. The molecule has 1 aliphatic heterocycles. The molecule has 0 unspecified atom stereocenters. The van der Waals surface area contributed by atoms with Crippen molar-refractivity contribution in [3.05, 3.63) is 34.0 Å². The quantitative estimate of drug-likeness (QED) is 0.864. The van der Waals surface area contributed by atoms with Gasteiger partial charge in [-0.3, -0.25) is 9.48 Å². The van der Waals surface area contributed by atoms with Crippen LogP contribution in [-0.2, 0) is 18.3 Å². The lowest BCUT2D eigenvalue weighted by Crippen LogP contribution is -2.31. The molecule has 0 aromatic carbocycles. The van der Waals surface area contributed by atoms with Crippen LogP contribution < -0.4 is 0 Å². The molecule has 2 aromatic rings. The topological polar surface area (TPSA) is 64.2 Å². The van der Waals surface area contributed by atoms with Crippen LogP contribution in [0.4, 0.5) is 0 Å². The molecular weight excluding hydrogens is 304 g/mol. The maximum Gasteiger partial charge on any atom is 0.223 e. The largest absolute Gasteiger partial charge is 0.361 e. The molecule has 0 spiro atoms. The van der Waals surface area contributed by atoms with Gasteiger partial charge < -0.3 is 9.42 Å². The van der Waals surface area contributed by atoms with E-state index in [2.05, 4.69) is 17.2 Å². The average molecular weight is 330 g/mol. The molecule has 0 saturated carbocycles. The summed E-state index contributed by atoms with van der Waals surface area (Å²) in [6.45, 7) is 8.78. The predicted molar refractivity (Wildman–Crippen MR) is 90.7 cm³/mol. The van der Waals surface area contributed by atoms with E-state index < -0.39 is 0 Å². The molecule has 0 radical (unpaired) electrons. The SMILES string of the molecule is Cc1noc(C)c1CCC(=O)N1CCC[C@@H]1c1c(C)nn(C)c1C. The number of carbonyl (C=O) groups is 1. The number of hydrogen-bond acceptors (Lipinski definition) is 4. The third kappa shape index (κ3) is 2.85. The van der Waals surface area contributed by atoms with Crippen LogP contribution in [0.15, 0.2) is 4.52 Å². The van der Waals surface area contributed by atoms with Gasteiger partial charge in [-0.15, -0.1) is 0 Å². The summed E-state index contributed by atoms with van der Waals surface area (Å²) in [5.41, 5.74) is 5.36. The van der Waals surface area contributed by atoms with Crippen molar-refractivity contribution >= 4 is 5.91 Å². The van der Waals surface area contributed by atoms with Gasteiger partial charge in [-0.25, -0.2) is 0 Å². The summed E-state index contributed by atoms with van der Waals surface area (Å²) in [6.07, 6.45) is 3.26. The summed E-state index contributed by atoms with van der Waals surface area (Å²) < 4.78 is 7.10. The Morgan fingerprint density at radius 3 is 2.58 bits per heavy atom. The number of amides is 1. The van der Waals surface area contributed by atoms with Gasteiger partial charge in [-0.2, -0.15) is 5.10 Å². The van der Waals surface area contributed by atoms with E-state index in [1.54, 1.807) is 0 Å². The Kier molecular flexibility index (Phi) is 4.47. The number of carbonyl (C=O) groups excluding carboxylic acids is 1. The van der Waals surface area contributed by atoms with Crippen LogP contribution in [-0.4, -0.2) is 32.3 Å². The third-order valence-electron chi connectivity index (χ3n) is 5.24. The third-order valence-corrected chi connectivity index (χ3v) is 5.24. The van der Waals surface area contributed by atoms with Gasteiger partial charge in [0.2, 0.25) is 5.91 Å². The van der Waals surface area contributed by atoms with Crippen molar-refractivity contribution in [1.82, 2.24) is 19.8 Å². The second kappa shape index (κ2) is 6.42. The summed E-state index contributed by atoms with van der Waals surface area (Å²) in [6, 6.07) is 0.163. The lowest BCUT2D eigenvalue weighted by Gasteiger charge is -2.25. The number of aryl methyl sites for hydroxylation is 4. The van der Waals surface area contributed by atoms with E-state index in [1.807, 2.05) is 37.4 Å². The van der Waals surface area contributed by atoms with Crippen LogP contribution in [0.1, 0.15) is 59.3 Å². The van der Waals surface area contributed by atoms with Crippen molar-refractivity contribution in [3.63, 3.8) is 0 Å². The van der Waals surface area contributed by atoms with Gasteiger partial charge in [0.25, 0.3) is 0 Å². The highest BCUT2D eigenvalue weighted by Gasteiger charge is 2.33. The first-order chi connectivity index (χ1) is 11.4. The molecule has 0 aliphatic carbocycles. The summed E-state index contributed by atoms with van der Waals surface area (Å²) in [5.74, 6) is 1.03. The summed E-state index contributed by atoms with van der Waals surface area (Å²) in [4.78, 5) is 14.9. The van der Waals surface area contributed by atoms with Gasteiger partial charge in [0.1, 0.15) is 5.76 Å². The highest BCUT2D eigenvalue weighted by atomic mass is 16.5. The summed E-state index contributed by atoms with van der Waals surface area (Å²) >= 11 is 0. The van der Waals surface area contributed by atoms with Crippen molar-refractivity contribution < 1.29 is 9.32 Å². The van der Waals surface area contributed by atoms with Crippen molar-refractivity contribution in [1.29, 1.82) is 0 Å². The van der Waals surface area contributed by atoms with E-state index in [9.17, 15) is 4.79 Å². The van der Waals surface area contributed by atoms with Gasteiger partial charge in [0.05, 0.1) is 17.4 Å². The fourth-order valence-electron chi connectivity index (χ4n) is 3.87. The van der Waals surface area contributed by atoms with Crippen LogP contribution in [0.25, 0.3) is 0 Å². The molecule has 0 bridgehead atoms. The Balaban J connectivity index is 1.74. The molecule has 0 N–H and O–H groups in total. The van der Waals surface area contributed by atoms with Crippen molar-refractivity contribution in [2.45, 2.75) is 59.4 Å². The maximum absolute atomic E-state index is 12.8. The van der Waals surface area contributed by atoms with E-state index in [0.29, 0.717) is 12.8 Å². The van der Waals surface area contributed by atoms with Crippen molar-refractivity contribution in [3.8, 4) is 0 Å². The van der Waals surface area contributed by atoms with Crippen LogP contribution >= 0.6 is 0 Å². The molecule has 1 amide bonds. The molecular formula is C18H26N4O2. The number of rotatable bonds is 4. The number of aromatic nitrogens is 3. The molecule has 1 atom stereocenters. The van der Waals surface area contributed by atoms with Gasteiger partial charge in [0, 0.05) is 36.8 Å². The zero-order valence-electron chi connectivity index (χ0n) is 15.2. The standard InChI is InChI=1S/C18H26N4O2/c1-11-15(14(4)24-20-11)8-9-17(23)22-10-6-7-16(22)18-12(2)19-21(5)13(18)3/h16H,6-10H2,1-5H3/t16-/m1/s1. The molecule has 24 heavy (non-hydrogen) atoms. The summed E-state index contributed by atoms with van der Waals surface area (Å²) in [7, 11) is 1.96. The monoisotopic (exact) mass is 330 g/mol. The normalized spacial score (nSPS) is 17.7. The Morgan fingerprint density at radius 1 is 1.25 bits per heavy atom. The average Bonchev–Trinajstić information content (AvgIpc) is 3.18. The van der Waals surface area contributed by atoms with Gasteiger partial charge >= 0.3 is 0 Å². The molecule has 6 nitrogen and oxygen atoms in total. The minimum atomic E-state index is 0.163. The van der Waals surface area contributed by atoms with Crippen LogP contribution in [0, 0.1) is 27.7 Å². The lowest BCUT2D eigenvalue weighted by atomic mass is 10.0. The van der Waals surface area contributed by atoms with E-state index in [1.165, 1.54) is 5.56 Å². The van der Waals surface area contributed by atoms with Gasteiger partial charge in [-0.1, -0.05) is 5.16 Å². The van der Waals surface area contributed by atoms with E-state index in [0.717, 1.165) is 47.8 Å². The summed E-state index contributed by atoms with van der Waals surface area (Å²) in [5, 5.41) is 8.49. The highest BCUT2D eigenvalue weighted by molar-refractivity contribution is 5.77. The van der Waals surface area contributed by atoms with Gasteiger partial charge in [-0.05, 0) is 47.0 Å². The fraction of sp³-hybridized carbons (Fsp3) is 0.611. The lowest BCUT2D eigenvalue weighted by molar-refractivity contribution is -0.132. The molecule has 1 fully saturated rings. The smallest absolute Gasteiger partial charge is 0.223 e. The Hall–Kier alpha value is -2.11. The number of likely N-dealkylation sites (tertiary alicyclic amines) is 1. The fourth-order valence-corrected chi connectivity index (χ4v) is 3.87. The minimum Gasteiger partial charge on any atom is -0.361 e. The van der Waals surface area contributed by atoms with E-state index in [4.69, 9.17) is 4.52 Å². The van der Waals surface area contributed by atoms with E-state index >= 15 is 0 Å². The van der Waals surface area contributed by atoms with Gasteiger partial charge in [0.15, 0.2) is 0 Å². The second-order valence-electron chi connectivity index (χ2n) is 6.76. The molecule has 2 aromatic heterocycles. The molecule has 3 heterocycles. The van der Waals surface area contributed by atoms with Crippen molar-refractivity contribution in [2.24, 2.45) is 7.05 Å². The Labute approximate surface area is 142 Å². The van der Waals surface area contributed by atoms with Crippen LogP contribution in [0.2, 0.25) is 0 Å². The van der Waals surface area contributed by atoms with Crippen LogP contribution in [0.5, 0.6) is 0 Å². The predicted octanol–water partition coefficient (Wildman–Crippen LogP) is 2.94. The zero-order chi connectivity index (χ0) is 17.4. The minimum absolute atomic E-state index is 0.163. The molecule has 6 heteroatoms. The first-order valence-corrected chi connectivity index (χ1v) is 8.61. The van der Waals surface area contributed by atoms with E-state index in [-0.39, 0.29) is 11.9 Å². The maximum atomic E-state index is 12.8. The molecule has 1 saturated heterocycles.